The van der Waals surface area contributed by atoms with Crippen molar-refractivity contribution in [2.75, 3.05) is 19.0 Å². The van der Waals surface area contributed by atoms with Crippen LogP contribution in [-0.4, -0.2) is 70.9 Å². The number of aliphatic hydroxyl groups is 1. The number of hydrogen-bond acceptors (Lipinski definition) is 10. The summed E-state index contributed by atoms with van der Waals surface area (Å²) in [5.74, 6) is 0.0846. The van der Waals surface area contributed by atoms with Crippen molar-refractivity contribution in [2.45, 2.75) is 24.5 Å². The van der Waals surface area contributed by atoms with E-state index in [0.29, 0.717) is 0 Å². The molecule has 0 aliphatic carbocycles. The van der Waals surface area contributed by atoms with Crippen LogP contribution in [-0.2, 0) is 22.9 Å². The van der Waals surface area contributed by atoms with Gasteiger partial charge in [-0.05, 0) is 0 Å². The monoisotopic (exact) mass is 425 g/mol. The number of nitrogens with two attached hydrogens (primary N) is 1. The Morgan fingerprint density at radius 2 is 2.00 bits per heavy atom. The number of ether oxygens (including phenoxy) is 1. The first-order valence-electron chi connectivity index (χ1n) is 7.41. The van der Waals surface area contributed by atoms with Gasteiger partial charge in [0, 0.05) is 6.66 Å². The molecule has 0 amide bonds. The van der Waals surface area contributed by atoms with Crippen LogP contribution in [0.1, 0.15) is 6.23 Å². The van der Waals surface area contributed by atoms with Gasteiger partial charge in [0.2, 0.25) is 0 Å². The Kier molecular flexibility index (Phi) is 5.38. The van der Waals surface area contributed by atoms with Gasteiger partial charge in [-0.1, -0.05) is 0 Å². The van der Waals surface area contributed by atoms with Crippen LogP contribution in [0.5, 0.6) is 0 Å². The molecule has 0 spiro atoms. The van der Waals surface area contributed by atoms with Crippen molar-refractivity contribution in [1.82, 2.24) is 19.5 Å². The second-order valence-electron chi connectivity index (χ2n) is 5.80. The Bertz CT molecular complexity index is 926. The third kappa shape index (κ3) is 4.51. The molecule has 2 aromatic heterocycles. The minimum absolute atomic E-state index is 0.0846. The number of fused-ring (bicyclic) bond motifs is 1. The molecule has 1 aliphatic rings. The largest absolute Gasteiger partial charge is 0.470 e. The summed E-state index contributed by atoms with van der Waals surface area (Å²) in [5, 5.41) is 10.5. The molecule has 1 saturated heterocycles. The summed E-state index contributed by atoms with van der Waals surface area (Å²) in [6.45, 7) is 0.365. The maximum Gasteiger partial charge on any atom is 0.470 e. The number of imidazole rings is 1. The first kappa shape index (κ1) is 20.3. The van der Waals surface area contributed by atoms with E-state index in [4.69, 9.17) is 24.8 Å². The molecule has 0 radical (unpaired) electrons. The number of hydrogen-bond donors (Lipinski definition) is 5. The molecule has 0 bridgehead atoms. The van der Waals surface area contributed by atoms with E-state index in [-0.39, 0.29) is 17.0 Å². The van der Waals surface area contributed by atoms with Crippen molar-refractivity contribution >= 4 is 32.4 Å². The lowest BCUT2D eigenvalue weighted by atomic mass is 10.1. The average Bonchev–Trinajstić information content (AvgIpc) is 3.07. The van der Waals surface area contributed by atoms with Crippen LogP contribution in [0.3, 0.4) is 0 Å². The summed E-state index contributed by atoms with van der Waals surface area (Å²) in [5.41, 5.74) is 6.13. The number of anilines is 1. The van der Waals surface area contributed by atoms with Crippen LogP contribution >= 0.6 is 15.4 Å². The molecule has 27 heavy (non-hydrogen) atoms. The number of nitrogens with zero attached hydrogens (tertiary/aromatic N) is 4. The summed E-state index contributed by atoms with van der Waals surface area (Å²) >= 11 is 0. The number of phosphoric ester groups is 1. The van der Waals surface area contributed by atoms with Crippen molar-refractivity contribution < 1.29 is 42.7 Å². The van der Waals surface area contributed by atoms with Crippen molar-refractivity contribution in [1.29, 1.82) is 0 Å². The van der Waals surface area contributed by atoms with Gasteiger partial charge in [-0.2, -0.15) is 0 Å². The molecule has 5 unspecified atom stereocenters. The summed E-state index contributed by atoms with van der Waals surface area (Å²) in [7, 11) is -8.92. The first-order valence-corrected chi connectivity index (χ1v) is 11.0. The molecule has 0 saturated carbocycles. The van der Waals surface area contributed by atoms with Crippen LogP contribution in [0.4, 0.5) is 5.82 Å². The highest BCUT2D eigenvalue weighted by atomic mass is 31.2. The molecule has 1 fully saturated rings. The summed E-state index contributed by atoms with van der Waals surface area (Å²) < 4.78 is 38.8. The number of aromatic nitrogens is 4. The predicted octanol–water partition coefficient (Wildman–Crippen LogP) is -1.02. The van der Waals surface area contributed by atoms with Crippen LogP contribution in [0.2, 0.25) is 0 Å². The van der Waals surface area contributed by atoms with Crippen LogP contribution in [0, 0.1) is 0 Å². The third-order valence-corrected chi connectivity index (χ3v) is 4.85. The third-order valence-electron chi connectivity index (χ3n) is 3.71. The number of phosphoric acid groups is 1. The normalized spacial score (nSPS) is 28.5. The zero-order valence-electron chi connectivity index (χ0n) is 13.8. The lowest BCUT2D eigenvalue weighted by Gasteiger charge is -2.21. The van der Waals surface area contributed by atoms with Gasteiger partial charge in [-0.25, -0.2) is 19.5 Å². The second-order valence-corrected chi connectivity index (χ2v) is 8.85. The molecule has 3 heterocycles. The van der Waals surface area contributed by atoms with Crippen molar-refractivity contribution in [3.8, 4) is 0 Å². The summed E-state index contributed by atoms with van der Waals surface area (Å²) in [4.78, 5) is 39.2. The van der Waals surface area contributed by atoms with Crippen molar-refractivity contribution in [3.63, 3.8) is 0 Å². The van der Waals surface area contributed by atoms with E-state index in [1.165, 1.54) is 17.2 Å². The molecule has 1 aliphatic heterocycles. The van der Waals surface area contributed by atoms with Gasteiger partial charge < -0.3 is 34.8 Å². The lowest BCUT2D eigenvalue weighted by molar-refractivity contribution is -0.0481. The zero-order valence-corrected chi connectivity index (χ0v) is 15.6. The smallest absolute Gasteiger partial charge is 0.386 e. The average molecular weight is 425 g/mol. The number of nitrogen functional groups attached to an aromatic ring is 1. The fraction of sp³-hybridized carbons (Fsp3) is 0.545. The van der Waals surface area contributed by atoms with Crippen LogP contribution in [0.15, 0.2) is 12.7 Å². The standard InChI is InChI=1S/C11H17N5O9P2/c1-26(18,19)23-2-5-8(25-27(20,21)22)7(17)11(24-5)16-4-15-6-9(12)13-3-14-10(6)16/h3-5,7-8,11,17H,2H2,1H3,(H,18,19)(H2,12,13,14)(H2,20,21,22). The molecule has 14 nitrogen and oxygen atoms in total. The number of rotatable bonds is 6. The molecule has 2 aromatic rings. The Morgan fingerprint density at radius 3 is 2.63 bits per heavy atom. The quantitative estimate of drug-likeness (QED) is 0.351. The van der Waals surface area contributed by atoms with Crippen LogP contribution in [0.25, 0.3) is 11.2 Å². The molecular formula is C11H17N5O9P2. The Morgan fingerprint density at radius 1 is 1.30 bits per heavy atom. The minimum Gasteiger partial charge on any atom is -0.386 e. The summed E-state index contributed by atoms with van der Waals surface area (Å²) in [6.07, 6.45) is -3.23. The molecule has 16 heteroatoms. The molecule has 3 rings (SSSR count). The highest BCUT2D eigenvalue weighted by Gasteiger charge is 2.49. The van der Waals surface area contributed by atoms with Gasteiger partial charge in [0.1, 0.15) is 30.2 Å². The predicted molar refractivity (Wildman–Crippen MR) is 88.3 cm³/mol. The first-order chi connectivity index (χ1) is 12.5. The van der Waals surface area contributed by atoms with E-state index >= 15 is 0 Å². The van der Waals surface area contributed by atoms with E-state index in [0.717, 1.165) is 6.66 Å². The highest BCUT2D eigenvalue weighted by molar-refractivity contribution is 7.51. The fourth-order valence-corrected chi connectivity index (χ4v) is 3.64. The molecular weight excluding hydrogens is 408 g/mol. The Hall–Kier alpha value is -1.47. The molecule has 5 atom stereocenters. The van der Waals surface area contributed by atoms with Gasteiger partial charge in [-0.3, -0.25) is 13.7 Å². The van der Waals surface area contributed by atoms with Gasteiger partial charge in [-0.15, -0.1) is 0 Å². The zero-order chi connectivity index (χ0) is 20.0. The maximum atomic E-state index is 11.3. The SMILES string of the molecule is CP(=O)(O)OCC1OC(n2cnc3c(N)ncnc32)C(O)C1OP(=O)(O)O. The Balaban J connectivity index is 1.93. The Labute approximate surface area is 151 Å². The second kappa shape index (κ2) is 7.17. The van der Waals surface area contributed by atoms with E-state index in [2.05, 4.69) is 19.5 Å². The van der Waals surface area contributed by atoms with Gasteiger partial charge in [0.15, 0.2) is 17.7 Å². The van der Waals surface area contributed by atoms with E-state index in [9.17, 15) is 19.1 Å². The maximum absolute atomic E-state index is 11.3. The molecule has 0 aromatic carbocycles. The van der Waals surface area contributed by atoms with Gasteiger partial charge >= 0.3 is 15.4 Å². The van der Waals surface area contributed by atoms with Crippen molar-refractivity contribution in [3.05, 3.63) is 12.7 Å². The molecule has 6 N–H and O–H groups in total. The van der Waals surface area contributed by atoms with E-state index in [1.807, 2.05) is 0 Å². The lowest BCUT2D eigenvalue weighted by Crippen LogP contribution is -2.35. The van der Waals surface area contributed by atoms with Crippen molar-refractivity contribution in [2.24, 2.45) is 0 Å². The van der Waals surface area contributed by atoms with Crippen LogP contribution < -0.4 is 5.73 Å². The molecule has 150 valence electrons. The van der Waals surface area contributed by atoms with E-state index < -0.39 is 46.6 Å². The van der Waals surface area contributed by atoms with E-state index in [1.54, 1.807) is 0 Å². The number of aliphatic hydroxyl groups excluding tert-OH is 1. The van der Waals surface area contributed by atoms with Gasteiger partial charge in [0.25, 0.3) is 0 Å². The summed E-state index contributed by atoms with van der Waals surface area (Å²) in [6, 6.07) is 0. The topological polar surface area (TPSA) is 212 Å². The highest BCUT2D eigenvalue weighted by Crippen LogP contribution is 2.45. The fourth-order valence-electron chi connectivity index (χ4n) is 2.64. The van der Waals surface area contributed by atoms with Gasteiger partial charge in [0.05, 0.1) is 12.9 Å². The minimum atomic E-state index is -5.01.